The number of nitrogens with zero attached hydrogens (tertiary/aromatic N) is 1. The van der Waals surface area contributed by atoms with E-state index in [2.05, 4.69) is 20.9 Å². The van der Waals surface area contributed by atoms with E-state index in [9.17, 15) is 0 Å². The van der Waals surface area contributed by atoms with Crippen LogP contribution < -0.4 is 0 Å². The monoisotopic (exact) mass is 372 g/mol. The lowest BCUT2D eigenvalue weighted by Gasteiger charge is -2.08. The molecule has 2 nitrogen and oxygen atoms in total. The van der Waals surface area contributed by atoms with Gasteiger partial charge in [0.15, 0.2) is 4.77 Å². The van der Waals surface area contributed by atoms with Crippen molar-refractivity contribution in [1.29, 1.82) is 0 Å². The molecule has 3 rings (SSSR count). The Bertz CT molecular complexity index is 838. The zero-order chi connectivity index (χ0) is 13.6. The van der Waals surface area contributed by atoms with Crippen molar-refractivity contribution in [1.82, 2.24) is 9.55 Å². The largest absolute Gasteiger partial charge is 0.329 e. The Morgan fingerprint density at radius 3 is 2.74 bits per heavy atom. The van der Waals surface area contributed by atoms with Crippen molar-refractivity contribution in [2.24, 2.45) is 0 Å². The molecule has 0 saturated carbocycles. The molecule has 0 aliphatic heterocycles. The van der Waals surface area contributed by atoms with Crippen LogP contribution >= 0.6 is 51.3 Å². The average molecular weight is 374 g/mol. The Morgan fingerprint density at radius 2 is 1.95 bits per heavy atom. The number of halogens is 3. The number of H-pyrrole nitrogens is 1. The highest BCUT2D eigenvalue weighted by molar-refractivity contribution is 9.10. The summed E-state index contributed by atoms with van der Waals surface area (Å²) in [7, 11) is 0. The van der Waals surface area contributed by atoms with Gasteiger partial charge in [-0.15, -0.1) is 0 Å². The van der Waals surface area contributed by atoms with Gasteiger partial charge in [0.25, 0.3) is 0 Å². The van der Waals surface area contributed by atoms with E-state index in [-0.39, 0.29) is 0 Å². The third-order valence-electron chi connectivity index (χ3n) is 2.82. The summed E-state index contributed by atoms with van der Waals surface area (Å²) in [5.41, 5.74) is 2.62. The zero-order valence-corrected chi connectivity index (χ0v) is 13.4. The van der Waals surface area contributed by atoms with Crippen molar-refractivity contribution in [2.75, 3.05) is 0 Å². The third-order valence-corrected chi connectivity index (χ3v) is 4.32. The van der Waals surface area contributed by atoms with Crippen LogP contribution in [0.3, 0.4) is 0 Å². The van der Waals surface area contributed by atoms with Gasteiger partial charge in [0.2, 0.25) is 0 Å². The van der Waals surface area contributed by atoms with Gasteiger partial charge >= 0.3 is 0 Å². The normalized spacial score (nSPS) is 11.1. The number of para-hydroxylation sites is 1. The minimum absolute atomic E-state index is 0.575. The van der Waals surface area contributed by atoms with Crippen LogP contribution in [-0.2, 0) is 0 Å². The lowest BCUT2D eigenvalue weighted by atomic mass is 10.3. The number of rotatable bonds is 1. The molecule has 0 unspecified atom stereocenters. The Labute approximate surface area is 133 Å². The first-order chi connectivity index (χ1) is 9.08. The first-order valence-electron chi connectivity index (χ1n) is 5.42. The number of aromatic nitrogens is 2. The molecule has 0 aliphatic carbocycles. The van der Waals surface area contributed by atoms with Gasteiger partial charge in [0.1, 0.15) is 0 Å². The molecular formula is C13H7BrCl2N2S. The van der Waals surface area contributed by atoms with E-state index < -0.39 is 0 Å². The molecule has 1 heterocycles. The second-order valence-electron chi connectivity index (χ2n) is 4.00. The van der Waals surface area contributed by atoms with Crippen LogP contribution in [0, 0.1) is 4.77 Å². The predicted octanol–water partition coefficient (Wildman–Crippen LogP) is 5.76. The quantitative estimate of drug-likeness (QED) is 0.538. The molecule has 3 aromatic rings. The van der Waals surface area contributed by atoms with Gasteiger partial charge in [0.05, 0.1) is 21.7 Å². The number of hydrogen-bond acceptors (Lipinski definition) is 1. The molecule has 0 bridgehead atoms. The minimum Gasteiger partial charge on any atom is -0.329 e. The summed E-state index contributed by atoms with van der Waals surface area (Å²) in [6.45, 7) is 0. The summed E-state index contributed by atoms with van der Waals surface area (Å²) in [4.78, 5) is 3.12. The fourth-order valence-corrected chi connectivity index (χ4v) is 3.10. The number of aromatic amines is 1. The molecule has 0 amide bonds. The van der Waals surface area contributed by atoms with E-state index in [1.54, 1.807) is 0 Å². The Balaban J connectivity index is 2.43. The van der Waals surface area contributed by atoms with E-state index in [1.165, 1.54) is 0 Å². The smallest absolute Gasteiger partial charge is 0.182 e. The van der Waals surface area contributed by atoms with E-state index in [0.29, 0.717) is 14.8 Å². The summed E-state index contributed by atoms with van der Waals surface area (Å²) in [5, 5.41) is 1.29. The molecule has 1 N–H and O–H groups in total. The second-order valence-corrected chi connectivity index (χ2v) is 6.08. The summed E-state index contributed by atoms with van der Waals surface area (Å²) in [6, 6.07) is 11.2. The lowest BCUT2D eigenvalue weighted by molar-refractivity contribution is 1.06. The van der Waals surface area contributed by atoms with Crippen LogP contribution in [0.2, 0.25) is 10.0 Å². The molecule has 0 fully saturated rings. The molecule has 96 valence electrons. The van der Waals surface area contributed by atoms with Crippen molar-refractivity contribution in [2.45, 2.75) is 0 Å². The average Bonchev–Trinajstić information content (AvgIpc) is 2.70. The zero-order valence-electron chi connectivity index (χ0n) is 9.45. The van der Waals surface area contributed by atoms with Crippen LogP contribution in [-0.4, -0.2) is 9.55 Å². The van der Waals surface area contributed by atoms with Gasteiger partial charge in [-0.2, -0.15) is 0 Å². The number of benzene rings is 2. The molecular weight excluding hydrogens is 367 g/mol. The SMILES string of the molecule is S=c1[nH]c2c(Cl)cccc2n1-c1cc(Cl)ccc1Br. The number of fused-ring (bicyclic) bond motifs is 1. The van der Waals surface area contributed by atoms with Crippen molar-refractivity contribution >= 4 is 62.4 Å². The highest BCUT2D eigenvalue weighted by Gasteiger charge is 2.11. The highest BCUT2D eigenvalue weighted by Crippen LogP contribution is 2.30. The second kappa shape index (κ2) is 4.94. The van der Waals surface area contributed by atoms with Crippen LogP contribution in [0.25, 0.3) is 16.7 Å². The first-order valence-corrected chi connectivity index (χ1v) is 7.38. The van der Waals surface area contributed by atoms with Crippen molar-refractivity contribution in [3.05, 3.63) is 55.7 Å². The fraction of sp³-hybridized carbons (Fsp3) is 0. The maximum atomic E-state index is 6.17. The standard InChI is InChI=1S/C13H7BrCl2N2S/c14-8-5-4-7(15)6-11(8)18-10-3-1-2-9(16)12(10)17-13(18)19/h1-6H,(H,17,19). The number of hydrogen-bond donors (Lipinski definition) is 1. The minimum atomic E-state index is 0.575. The van der Waals surface area contributed by atoms with Gasteiger partial charge in [-0.25, -0.2) is 0 Å². The fourth-order valence-electron chi connectivity index (χ4n) is 1.99. The Morgan fingerprint density at radius 1 is 1.16 bits per heavy atom. The van der Waals surface area contributed by atoms with E-state index >= 15 is 0 Å². The third kappa shape index (κ3) is 2.23. The van der Waals surface area contributed by atoms with Crippen LogP contribution in [0.5, 0.6) is 0 Å². The molecule has 19 heavy (non-hydrogen) atoms. The summed E-state index contributed by atoms with van der Waals surface area (Å²) >= 11 is 21.1. The highest BCUT2D eigenvalue weighted by atomic mass is 79.9. The molecule has 0 spiro atoms. The van der Waals surface area contributed by atoms with E-state index in [0.717, 1.165) is 21.2 Å². The molecule has 0 aliphatic rings. The van der Waals surface area contributed by atoms with Crippen LogP contribution in [0.4, 0.5) is 0 Å². The molecule has 2 aromatic carbocycles. The maximum absolute atomic E-state index is 6.17. The van der Waals surface area contributed by atoms with Gasteiger partial charge in [0, 0.05) is 9.50 Å². The molecule has 0 atom stereocenters. The summed E-state index contributed by atoms with van der Waals surface area (Å²) in [5.74, 6) is 0. The molecule has 0 saturated heterocycles. The lowest BCUT2D eigenvalue weighted by Crippen LogP contribution is -1.95. The topological polar surface area (TPSA) is 20.7 Å². The van der Waals surface area contributed by atoms with Crippen molar-refractivity contribution in [3.8, 4) is 5.69 Å². The number of imidazole rings is 1. The molecule has 1 aromatic heterocycles. The van der Waals surface area contributed by atoms with Crippen LogP contribution in [0.1, 0.15) is 0 Å². The van der Waals surface area contributed by atoms with Gasteiger partial charge in [-0.1, -0.05) is 29.3 Å². The Hall–Kier alpha value is -0.810. The summed E-state index contributed by atoms with van der Waals surface area (Å²) in [6.07, 6.45) is 0. The van der Waals surface area contributed by atoms with E-state index in [1.807, 2.05) is 41.0 Å². The molecule has 0 radical (unpaired) electrons. The van der Waals surface area contributed by atoms with Gasteiger partial charge < -0.3 is 4.98 Å². The van der Waals surface area contributed by atoms with E-state index in [4.69, 9.17) is 35.4 Å². The van der Waals surface area contributed by atoms with Gasteiger partial charge in [-0.05, 0) is 58.5 Å². The number of nitrogens with one attached hydrogen (secondary N) is 1. The van der Waals surface area contributed by atoms with Crippen molar-refractivity contribution < 1.29 is 0 Å². The van der Waals surface area contributed by atoms with Crippen molar-refractivity contribution in [3.63, 3.8) is 0 Å². The first kappa shape index (κ1) is 13.2. The predicted molar refractivity (Wildman–Crippen MR) is 86.2 cm³/mol. The van der Waals surface area contributed by atoms with Crippen LogP contribution in [0.15, 0.2) is 40.9 Å². The summed E-state index contributed by atoms with van der Waals surface area (Å²) < 4.78 is 3.40. The van der Waals surface area contributed by atoms with Gasteiger partial charge in [-0.3, -0.25) is 4.57 Å². The Kier molecular flexibility index (Phi) is 3.43. The molecule has 6 heteroatoms. The maximum Gasteiger partial charge on any atom is 0.182 e.